The highest BCUT2D eigenvalue weighted by Crippen LogP contribution is 2.55. The molecule has 35 heavy (non-hydrogen) atoms. The molecule has 5 rings (SSSR count). The van der Waals surface area contributed by atoms with Crippen LogP contribution >= 0.6 is 11.6 Å². The monoisotopic (exact) mass is 499 g/mol. The van der Waals surface area contributed by atoms with Crippen molar-refractivity contribution in [3.63, 3.8) is 0 Å². The summed E-state index contributed by atoms with van der Waals surface area (Å²) in [5.41, 5.74) is 0.381. The SMILES string of the molecule is CCCCN1C(=O)[C@@H]2[C@H](C(=O)Nc3ccc(C)c(Cl)c3)[C@@H]3C=C[C@@]2(O3)[C@H]1C(=O)NC1CCCCC1. The first-order valence-electron chi connectivity index (χ1n) is 12.9. The fourth-order valence-corrected chi connectivity index (χ4v) is 6.44. The average Bonchev–Trinajstić information content (AvgIpc) is 3.48. The van der Waals surface area contributed by atoms with E-state index in [9.17, 15) is 14.4 Å². The maximum Gasteiger partial charge on any atom is 0.246 e. The van der Waals surface area contributed by atoms with E-state index in [2.05, 4.69) is 17.6 Å². The van der Waals surface area contributed by atoms with E-state index in [4.69, 9.17) is 16.3 Å². The van der Waals surface area contributed by atoms with Crippen molar-refractivity contribution in [1.82, 2.24) is 10.2 Å². The third-order valence-corrected chi connectivity index (χ3v) is 8.48. The standard InChI is InChI=1S/C27H34ClN3O4/c1-3-4-14-31-23(25(33)29-17-8-6-5-7-9-17)27-13-12-20(35-27)21(22(27)26(31)34)24(32)30-18-11-10-16(2)19(28)15-18/h10-13,15,17,20-23H,3-9,14H2,1-2H3,(H,29,33)(H,30,32)/t20-,21+,22-,23+,27-/m0/s1. The maximum absolute atomic E-state index is 13.8. The lowest BCUT2D eigenvalue weighted by Crippen LogP contribution is -2.56. The molecular weight excluding hydrogens is 466 g/mol. The number of carbonyl (C=O) groups is 3. The molecule has 1 aromatic rings. The summed E-state index contributed by atoms with van der Waals surface area (Å²) in [6.07, 6.45) is 10.2. The number of nitrogens with zero attached hydrogens (tertiary/aromatic N) is 1. The van der Waals surface area contributed by atoms with Crippen molar-refractivity contribution in [3.8, 4) is 0 Å². The van der Waals surface area contributed by atoms with Gasteiger partial charge in [-0.3, -0.25) is 14.4 Å². The molecule has 0 unspecified atom stereocenters. The smallest absolute Gasteiger partial charge is 0.246 e. The zero-order valence-electron chi connectivity index (χ0n) is 20.4. The molecule has 2 N–H and O–H groups in total. The van der Waals surface area contributed by atoms with Gasteiger partial charge in [-0.05, 0) is 43.9 Å². The highest BCUT2D eigenvalue weighted by Gasteiger charge is 2.72. The van der Waals surface area contributed by atoms with Crippen molar-refractivity contribution in [1.29, 1.82) is 0 Å². The molecule has 1 aliphatic carbocycles. The highest BCUT2D eigenvalue weighted by atomic mass is 35.5. The third kappa shape index (κ3) is 4.16. The Morgan fingerprint density at radius 1 is 1.20 bits per heavy atom. The molecule has 8 heteroatoms. The Kier molecular flexibility index (Phi) is 6.66. The second-order valence-corrected chi connectivity index (χ2v) is 10.8. The zero-order valence-corrected chi connectivity index (χ0v) is 21.1. The molecule has 5 atom stereocenters. The molecule has 1 saturated carbocycles. The van der Waals surface area contributed by atoms with Gasteiger partial charge in [-0.15, -0.1) is 0 Å². The van der Waals surface area contributed by atoms with Crippen LogP contribution in [0, 0.1) is 18.8 Å². The van der Waals surface area contributed by atoms with E-state index in [-0.39, 0.29) is 23.8 Å². The molecule has 2 bridgehead atoms. The molecule has 0 aromatic heterocycles. The van der Waals surface area contributed by atoms with Gasteiger partial charge in [0, 0.05) is 23.3 Å². The topological polar surface area (TPSA) is 87.7 Å². The number of rotatable bonds is 7. The molecule has 0 radical (unpaired) electrons. The summed E-state index contributed by atoms with van der Waals surface area (Å²) in [7, 11) is 0. The Balaban J connectivity index is 1.42. The third-order valence-electron chi connectivity index (χ3n) is 8.07. The lowest BCUT2D eigenvalue weighted by atomic mass is 9.74. The number of hydrogen-bond acceptors (Lipinski definition) is 4. The largest absolute Gasteiger partial charge is 0.359 e. The van der Waals surface area contributed by atoms with E-state index >= 15 is 0 Å². The number of anilines is 1. The van der Waals surface area contributed by atoms with Gasteiger partial charge in [0.15, 0.2) is 0 Å². The predicted octanol–water partition coefficient (Wildman–Crippen LogP) is 3.99. The van der Waals surface area contributed by atoms with E-state index in [1.807, 2.05) is 25.1 Å². The normalized spacial score (nSPS) is 31.6. The zero-order chi connectivity index (χ0) is 24.7. The van der Waals surface area contributed by atoms with Gasteiger partial charge < -0.3 is 20.3 Å². The number of halogens is 1. The fraction of sp³-hybridized carbons (Fsp3) is 0.593. The Bertz CT molecular complexity index is 1050. The van der Waals surface area contributed by atoms with Crippen LogP contribution in [0.25, 0.3) is 0 Å². The number of carbonyl (C=O) groups excluding carboxylic acids is 3. The van der Waals surface area contributed by atoms with Crippen LogP contribution in [0.4, 0.5) is 5.69 Å². The number of aryl methyl sites for hydroxylation is 1. The van der Waals surface area contributed by atoms with E-state index in [0.29, 0.717) is 17.3 Å². The lowest BCUT2D eigenvalue weighted by Gasteiger charge is -2.34. The summed E-state index contributed by atoms with van der Waals surface area (Å²) in [4.78, 5) is 42.6. The maximum atomic E-state index is 13.8. The van der Waals surface area contributed by atoms with E-state index < -0.39 is 29.6 Å². The molecule has 188 valence electrons. The van der Waals surface area contributed by atoms with Crippen LogP contribution in [0.3, 0.4) is 0 Å². The number of hydrogen-bond donors (Lipinski definition) is 2. The second-order valence-electron chi connectivity index (χ2n) is 10.4. The average molecular weight is 500 g/mol. The number of fused-ring (bicyclic) bond motifs is 1. The summed E-state index contributed by atoms with van der Waals surface area (Å²) in [5, 5.41) is 6.70. The minimum absolute atomic E-state index is 0.128. The molecule has 2 saturated heterocycles. The summed E-state index contributed by atoms with van der Waals surface area (Å²) < 4.78 is 6.38. The fourth-order valence-electron chi connectivity index (χ4n) is 6.26. The van der Waals surface area contributed by atoms with Gasteiger partial charge in [-0.25, -0.2) is 0 Å². The van der Waals surface area contributed by atoms with Crippen molar-refractivity contribution in [2.45, 2.75) is 82.6 Å². The molecule has 1 aromatic carbocycles. The van der Waals surface area contributed by atoms with Crippen molar-refractivity contribution in [3.05, 3.63) is 40.9 Å². The van der Waals surface area contributed by atoms with Gasteiger partial charge >= 0.3 is 0 Å². The number of nitrogens with one attached hydrogen (secondary N) is 2. The highest BCUT2D eigenvalue weighted by molar-refractivity contribution is 6.31. The molecule has 4 aliphatic rings. The van der Waals surface area contributed by atoms with Gasteiger partial charge in [-0.1, -0.05) is 62.4 Å². The van der Waals surface area contributed by atoms with Crippen LogP contribution in [0.2, 0.25) is 5.02 Å². The molecule has 3 amide bonds. The molecule has 1 spiro atoms. The van der Waals surface area contributed by atoms with E-state index in [1.165, 1.54) is 6.42 Å². The summed E-state index contributed by atoms with van der Waals surface area (Å²) in [6.45, 7) is 4.43. The number of likely N-dealkylation sites (tertiary alicyclic amines) is 1. The van der Waals surface area contributed by atoms with Gasteiger partial charge in [0.1, 0.15) is 11.6 Å². The lowest BCUT2D eigenvalue weighted by molar-refractivity contribution is -0.141. The van der Waals surface area contributed by atoms with Crippen molar-refractivity contribution in [2.75, 3.05) is 11.9 Å². The Morgan fingerprint density at radius 2 is 1.97 bits per heavy atom. The number of amides is 3. The predicted molar refractivity (Wildman–Crippen MR) is 134 cm³/mol. The molecule has 3 aliphatic heterocycles. The molecule has 3 heterocycles. The van der Waals surface area contributed by atoms with Crippen LogP contribution < -0.4 is 10.6 Å². The number of ether oxygens (including phenoxy) is 1. The van der Waals surface area contributed by atoms with Crippen LogP contribution in [-0.4, -0.2) is 53.0 Å². The molecule has 7 nitrogen and oxygen atoms in total. The summed E-state index contributed by atoms with van der Waals surface area (Å²) >= 11 is 6.24. The van der Waals surface area contributed by atoms with Crippen molar-refractivity contribution < 1.29 is 19.1 Å². The molecular formula is C27H34ClN3O4. The molecule has 3 fully saturated rings. The van der Waals surface area contributed by atoms with Crippen molar-refractivity contribution >= 4 is 35.0 Å². The minimum atomic E-state index is -1.11. The van der Waals surface area contributed by atoms with Crippen LogP contribution in [-0.2, 0) is 19.1 Å². The Labute approximate surface area is 211 Å². The Morgan fingerprint density at radius 3 is 2.69 bits per heavy atom. The van der Waals surface area contributed by atoms with Gasteiger partial charge in [-0.2, -0.15) is 0 Å². The first-order valence-corrected chi connectivity index (χ1v) is 13.3. The first-order chi connectivity index (χ1) is 16.9. The second kappa shape index (κ2) is 9.58. The van der Waals surface area contributed by atoms with Crippen LogP contribution in [0.5, 0.6) is 0 Å². The van der Waals surface area contributed by atoms with E-state index in [1.54, 1.807) is 17.0 Å². The van der Waals surface area contributed by atoms with Crippen LogP contribution in [0.1, 0.15) is 57.4 Å². The van der Waals surface area contributed by atoms with Crippen LogP contribution in [0.15, 0.2) is 30.4 Å². The summed E-state index contributed by atoms with van der Waals surface area (Å²) in [6, 6.07) is 4.71. The quantitative estimate of drug-likeness (QED) is 0.555. The van der Waals surface area contributed by atoms with Gasteiger partial charge in [0.25, 0.3) is 0 Å². The first kappa shape index (κ1) is 24.3. The van der Waals surface area contributed by atoms with E-state index in [0.717, 1.165) is 44.1 Å². The van der Waals surface area contributed by atoms with Crippen molar-refractivity contribution in [2.24, 2.45) is 11.8 Å². The number of benzene rings is 1. The van der Waals surface area contributed by atoms with Gasteiger partial charge in [0.2, 0.25) is 17.7 Å². The summed E-state index contributed by atoms with van der Waals surface area (Å²) in [5.74, 6) is -2.05. The number of unbranched alkanes of at least 4 members (excludes halogenated alkanes) is 1. The van der Waals surface area contributed by atoms with Gasteiger partial charge in [0.05, 0.1) is 17.9 Å². The minimum Gasteiger partial charge on any atom is -0.359 e. The Hall–Kier alpha value is -2.38.